The maximum Gasteiger partial charge on any atom is 0.358 e. The van der Waals surface area contributed by atoms with Gasteiger partial charge in [-0.3, -0.25) is 0 Å². The van der Waals surface area contributed by atoms with Crippen LogP contribution in [0, 0.1) is 0 Å². The van der Waals surface area contributed by atoms with Gasteiger partial charge in [0.05, 0.1) is 15.1 Å². The molecule has 1 heterocycles. The number of rotatable bonds is 3. The lowest BCUT2D eigenvalue weighted by Crippen LogP contribution is -2.09. The number of esters is 1. The van der Waals surface area contributed by atoms with Gasteiger partial charge in [-0.15, -0.1) is 0 Å². The minimum Gasteiger partial charge on any atom is -0.456 e. The van der Waals surface area contributed by atoms with Gasteiger partial charge in [0.25, 0.3) is 0 Å². The molecule has 1 aromatic carbocycles. The highest BCUT2D eigenvalue weighted by atomic mass is 79.9. The summed E-state index contributed by atoms with van der Waals surface area (Å²) in [6, 6.07) is 7.30. The van der Waals surface area contributed by atoms with Crippen LogP contribution in [0.15, 0.2) is 28.7 Å². The van der Waals surface area contributed by atoms with Crippen molar-refractivity contribution < 1.29 is 9.53 Å². The monoisotopic (exact) mass is 427 g/mol. The van der Waals surface area contributed by atoms with Crippen molar-refractivity contribution in [1.82, 2.24) is 4.98 Å². The fraction of sp³-hybridized carbons (Fsp3) is 0.0769. The third kappa shape index (κ3) is 4.02. The Bertz CT molecular complexity index is 692. The molecule has 0 aliphatic carbocycles. The number of ether oxygens (including phenoxy) is 1. The Hall–Kier alpha value is -0.520. The molecule has 0 fully saturated rings. The molecule has 8 heteroatoms. The van der Waals surface area contributed by atoms with Gasteiger partial charge in [-0.2, -0.15) is 0 Å². The Morgan fingerprint density at radius 1 is 1.05 bits per heavy atom. The summed E-state index contributed by atoms with van der Waals surface area (Å²) < 4.78 is 6.05. The molecule has 3 nitrogen and oxygen atoms in total. The van der Waals surface area contributed by atoms with E-state index >= 15 is 0 Å². The second-order valence-electron chi connectivity index (χ2n) is 3.90. The molecule has 0 unspecified atom stereocenters. The summed E-state index contributed by atoms with van der Waals surface area (Å²) in [5.74, 6) is -0.733. The Balaban J connectivity index is 2.16. The van der Waals surface area contributed by atoms with Crippen molar-refractivity contribution in [3.8, 4) is 0 Å². The van der Waals surface area contributed by atoms with Gasteiger partial charge >= 0.3 is 5.97 Å². The second kappa shape index (κ2) is 7.16. The molecule has 0 atom stereocenters. The first kappa shape index (κ1) is 16.8. The number of benzene rings is 1. The topological polar surface area (TPSA) is 39.2 Å². The summed E-state index contributed by atoms with van der Waals surface area (Å²) in [7, 11) is 0. The molecule has 2 rings (SSSR count). The van der Waals surface area contributed by atoms with E-state index in [9.17, 15) is 4.79 Å². The summed E-state index contributed by atoms with van der Waals surface area (Å²) in [6.45, 7) is 0.0714. The lowest BCUT2D eigenvalue weighted by molar-refractivity contribution is 0.0466. The highest BCUT2D eigenvalue weighted by molar-refractivity contribution is 9.10. The van der Waals surface area contributed by atoms with E-state index in [1.54, 1.807) is 0 Å². The summed E-state index contributed by atoms with van der Waals surface area (Å²) in [4.78, 5) is 15.8. The SMILES string of the molecule is O=C(OCc1ccc(Br)cc1)c1nc(Cl)c(Cl)c(Cl)c1Cl. The highest BCUT2D eigenvalue weighted by Crippen LogP contribution is 2.36. The average Bonchev–Trinajstić information content (AvgIpc) is 2.48. The zero-order chi connectivity index (χ0) is 15.6. The number of nitrogens with zero attached hydrogens (tertiary/aromatic N) is 1. The molecule has 0 saturated carbocycles. The number of hydrogen-bond acceptors (Lipinski definition) is 3. The first-order valence-corrected chi connectivity index (χ1v) is 7.82. The zero-order valence-corrected chi connectivity index (χ0v) is 14.8. The van der Waals surface area contributed by atoms with Crippen LogP contribution in [0.5, 0.6) is 0 Å². The molecule has 1 aromatic heterocycles. The van der Waals surface area contributed by atoms with Gasteiger partial charge in [0.2, 0.25) is 0 Å². The summed E-state index contributed by atoms with van der Waals surface area (Å²) in [5, 5.41) is -0.241. The number of aromatic nitrogens is 1. The minimum absolute atomic E-state index is 0.00667. The molecular formula is C13H6BrCl4NO2. The van der Waals surface area contributed by atoms with Crippen LogP contribution in [0.3, 0.4) is 0 Å². The van der Waals surface area contributed by atoms with Crippen LogP contribution < -0.4 is 0 Å². The molecule has 2 aromatic rings. The van der Waals surface area contributed by atoms with E-state index in [1.165, 1.54) is 0 Å². The lowest BCUT2D eigenvalue weighted by atomic mass is 10.2. The van der Waals surface area contributed by atoms with Crippen LogP contribution in [-0.4, -0.2) is 11.0 Å². The van der Waals surface area contributed by atoms with E-state index in [0.29, 0.717) is 0 Å². The third-order valence-electron chi connectivity index (χ3n) is 2.46. The van der Waals surface area contributed by atoms with Crippen LogP contribution in [0.4, 0.5) is 0 Å². The van der Waals surface area contributed by atoms with Gasteiger partial charge in [0.1, 0.15) is 11.8 Å². The molecule has 0 saturated heterocycles. The maximum absolute atomic E-state index is 12.0. The number of carbonyl (C=O) groups excluding carboxylic acids is 1. The van der Waals surface area contributed by atoms with E-state index in [1.807, 2.05) is 24.3 Å². The standard InChI is InChI=1S/C13H6BrCl4NO2/c14-7-3-1-6(2-4-7)5-21-13(20)11-9(16)8(15)10(17)12(18)19-11/h1-4H,5H2. The van der Waals surface area contributed by atoms with Crippen LogP contribution >= 0.6 is 62.3 Å². The molecular weight excluding hydrogens is 424 g/mol. The summed E-state index contributed by atoms with van der Waals surface area (Å²) in [6.07, 6.45) is 0. The minimum atomic E-state index is -0.733. The fourth-order valence-corrected chi connectivity index (χ4v) is 2.49. The Labute approximate surface area is 149 Å². The van der Waals surface area contributed by atoms with E-state index in [0.717, 1.165) is 10.0 Å². The van der Waals surface area contributed by atoms with Crippen molar-refractivity contribution in [3.05, 3.63) is 60.2 Å². The predicted octanol–water partition coefficient (Wildman–Crippen LogP) is 5.81. The van der Waals surface area contributed by atoms with Gasteiger partial charge < -0.3 is 4.74 Å². The molecule has 0 aliphatic heterocycles. The van der Waals surface area contributed by atoms with Crippen molar-refractivity contribution in [2.45, 2.75) is 6.61 Å². The highest BCUT2D eigenvalue weighted by Gasteiger charge is 2.21. The normalized spacial score (nSPS) is 10.5. The van der Waals surface area contributed by atoms with Crippen LogP contribution in [0.25, 0.3) is 0 Å². The largest absolute Gasteiger partial charge is 0.456 e. The smallest absolute Gasteiger partial charge is 0.358 e. The van der Waals surface area contributed by atoms with Gasteiger partial charge in [0.15, 0.2) is 5.69 Å². The van der Waals surface area contributed by atoms with Crippen molar-refractivity contribution in [3.63, 3.8) is 0 Å². The molecule has 21 heavy (non-hydrogen) atoms. The van der Waals surface area contributed by atoms with Gasteiger partial charge in [-0.1, -0.05) is 74.5 Å². The van der Waals surface area contributed by atoms with E-state index in [-0.39, 0.29) is 32.5 Å². The first-order valence-electron chi connectivity index (χ1n) is 5.51. The molecule has 0 aliphatic rings. The fourth-order valence-electron chi connectivity index (χ4n) is 1.42. The molecule has 0 bridgehead atoms. The molecule has 0 radical (unpaired) electrons. The number of halogens is 5. The summed E-state index contributed by atoms with van der Waals surface area (Å²) in [5.41, 5.74) is 0.641. The molecule has 0 N–H and O–H groups in total. The van der Waals surface area contributed by atoms with Gasteiger partial charge in [-0.25, -0.2) is 9.78 Å². The van der Waals surface area contributed by atoms with Crippen molar-refractivity contribution in [1.29, 1.82) is 0 Å². The van der Waals surface area contributed by atoms with Crippen molar-refractivity contribution in [2.75, 3.05) is 0 Å². The first-order chi connectivity index (χ1) is 9.90. The maximum atomic E-state index is 12.0. The Morgan fingerprint density at radius 2 is 1.67 bits per heavy atom. The molecule has 0 spiro atoms. The van der Waals surface area contributed by atoms with E-state index in [4.69, 9.17) is 51.1 Å². The van der Waals surface area contributed by atoms with Gasteiger partial charge in [0, 0.05) is 4.47 Å². The van der Waals surface area contributed by atoms with Crippen LogP contribution in [-0.2, 0) is 11.3 Å². The van der Waals surface area contributed by atoms with Crippen molar-refractivity contribution in [2.24, 2.45) is 0 Å². The summed E-state index contributed by atoms with van der Waals surface area (Å²) >= 11 is 26.7. The quantitative estimate of drug-likeness (QED) is 0.456. The second-order valence-corrected chi connectivity index (χ2v) is 6.30. The van der Waals surface area contributed by atoms with E-state index in [2.05, 4.69) is 20.9 Å². The van der Waals surface area contributed by atoms with Gasteiger partial charge in [-0.05, 0) is 17.7 Å². The number of pyridine rings is 1. The molecule has 110 valence electrons. The predicted molar refractivity (Wildman–Crippen MR) is 87.5 cm³/mol. The lowest BCUT2D eigenvalue weighted by Gasteiger charge is -2.08. The zero-order valence-electron chi connectivity index (χ0n) is 10.2. The average molecular weight is 430 g/mol. The van der Waals surface area contributed by atoms with E-state index < -0.39 is 5.97 Å². The number of hydrogen-bond donors (Lipinski definition) is 0. The third-order valence-corrected chi connectivity index (χ3v) is 4.67. The van der Waals surface area contributed by atoms with Crippen LogP contribution in [0.2, 0.25) is 20.2 Å². The van der Waals surface area contributed by atoms with Crippen LogP contribution in [0.1, 0.15) is 16.1 Å². The Kier molecular flexibility index (Phi) is 5.74. The Morgan fingerprint density at radius 3 is 2.29 bits per heavy atom. The number of carbonyl (C=O) groups is 1. The molecule has 0 amide bonds. The van der Waals surface area contributed by atoms with Crippen molar-refractivity contribution >= 4 is 68.3 Å².